The highest BCUT2D eigenvalue weighted by atomic mass is 16.2. The average Bonchev–Trinajstić information content (AvgIpc) is 2.49. The van der Waals surface area contributed by atoms with E-state index in [1.54, 1.807) is 6.07 Å². The van der Waals surface area contributed by atoms with Gasteiger partial charge in [-0.15, -0.1) is 10.2 Å². The van der Waals surface area contributed by atoms with Gasteiger partial charge in [0.1, 0.15) is 0 Å². The van der Waals surface area contributed by atoms with Gasteiger partial charge in [-0.05, 0) is 44.7 Å². The van der Waals surface area contributed by atoms with Gasteiger partial charge in [-0.2, -0.15) is 0 Å². The molecule has 1 aliphatic heterocycles. The number of carbonyl (C=O) groups is 1. The molecule has 5 heteroatoms. The molecule has 0 aliphatic carbocycles. The van der Waals surface area contributed by atoms with Crippen molar-refractivity contribution in [2.24, 2.45) is 5.92 Å². The zero-order chi connectivity index (χ0) is 14.5. The van der Waals surface area contributed by atoms with Gasteiger partial charge in [0.2, 0.25) is 0 Å². The van der Waals surface area contributed by atoms with E-state index >= 15 is 0 Å². The lowest BCUT2D eigenvalue weighted by molar-refractivity contribution is 0.0690. The molecule has 110 valence electrons. The molecule has 2 heterocycles. The monoisotopic (exact) mass is 276 g/mol. The van der Waals surface area contributed by atoms with Crippen molar-refractivity contribution in [1.29, 1.82) is 0 Å². The molecule has 0 saturated carbocycles. The van der Waals surface area contributed by atoms with Crippen molar-refractivity contribution < 1.29 is 4.79 Å². The number of nitrogens with zero attached hydrogens (tertiary/aromatic N) is 4. The van der Waals surface area contributed by atoms with Crippen LogP contribution in [-0.4, -0.2) is 47.2 Å². The number of hydrogen-bond acceptors (Lipinski definition) is 4. The molecule has 0 radical (unpaired) electrons. The van der Waals surface area contributed by atoms with Gasteiger partial charge in [0, 0.05) is 26.2 Å². The Kier molecular flexibility index (Phi) is 4.93. The maximum absolute atomic E-state index is 12.3. The second kappa shape index (κ2) is 6.68. The summed E-state index contributed by atoms with van der Waals surface area (Å²) in [6.45, 7) is 9.85. The van der Waals surface area contributed by atoms with Crippen LogP contribution in [0.1, 0.15) is 44.1 Å². The highest BCUT2D eigenvalue weighted by Gasteiger charge is 2.22. The maximum Gasteiger partial charge on any atom is 0.274 e. The predicted octanol–water partition coefficient (Wildman–Crippen LogP) is 2.19. The molecule has 1 amide bonds. The first-order chi connectivity index (χ1) is 9.65. The summed E-state index contributed by atoms with van der Waals surface area (Å²) in [6, 6.07) is 3.68. The van der Waals surface area contributed by atoms with E-state index in [0.717, 1.165) is 50.8 Å². The summed E-state index contributed by atoms with van der Waals surface area (Å²) >= 11 is 0. The zero-order valence-corrected chi connectivity index (χ0v) is 12.7. The smallest absolute Gasteiger partial charge is 0.274 e. The minimum Gasteiger partial charge on any atom is -0.356 e. The quantitative estimate of drug-likeness (QED) is 0.846. The van der Waals surface area contributed by atoms with E-state index in [4.69, 9.17) is 0 Å². The van der Waals surface area contributed by atoms with Gasteiger partial charge in [0.05, 0.1) is 0 Å². The molecule has 1 fully saturated rings. The summed E-state index contributed by atoms with van der Waals surface area (Å²) < 4.78 is 0. The lowest BCUT2D eigenvalue weighted by atomic mass is 9.99. The first kappa shape index (κ1) is 14.8. The van der Waals surface area contributed by atoms with Crippen molar-refractivity contribution in [2.45, 2.75) is 33.6 Å². The van der Waals surface area contributed by atoms with Crippen LogP contribution in [0.3, 0.4) is 0 Å². The summed E-state index contributed by atoms with van der Waals surface area (Å²) in [7, 11) is 0. The Morgan fingerprint density at radius 3 is 2.40 bits per heavy atom. The predicted molar refractivity (Wildman–Crippen MR) is 79.9 cm³/mol. The Hall–Kier alpha value is -1.65. The standard InChI is InChI=1S/C15H24N4O/c1-4-18(5-2)14-7-6-13(16-17-14)15(20)19-10-8-12(3)9-11-19/h6-7,12H,4-5,8-11H2,1-3H3. The van der Waals surface area contributed by atoms with Crippen molar-refractivity contribution in [2.75, 3.05) is 31.1 Å². The van der Waals surface area contributed by atoms with Gasteiger partial charge in [0.25, 0.3) is 5.91 Å². The highest BCUT2D eigenvalue weighted by Crippen LogP contribution is 2.18. The minimum atomic E-state index is 0.00972. The van der Waals surface area contributed by atoms with Crippen LogP contribution < -0.4 is 4.90 Å². The topological polar surface area (TPSA) is 49.3 Å². The second-order valence-electron chi connectivity index (χ2n) is 5.42. The fraction of sp³-hybridized carbons (Fsp3) is 0.667. The zero-order valence-electron chi connectivity index (χ0n) is 12.7. The summed E-state index contributed by atoms with van der Waals surface area (Å²) in [5, 5.41) is 8.29. The third kappa shape index (κ3) is 3.26. The summed E-state index contributed by atoms with van der Waals surface area (Å²) in [4.78, 5) is 16.3. The van der Waals surface area contributed by atoms with Crippen LogP contribution in [0.4, 0.5) is 5.82 Å². The molecular formula is C15H24N4O. The van der Waals surface area contributed by atoms with Crippen LogP contribution in [0, 0.1) is 5.92 Å². The Labute approximate surface area is 121 Å². The molecule has 2 rings (SSSR count). The van der Waals surface area contributed by atoms with Gasteiger partial charge in [-0.25, -0.2) is 0 Å². The Morgan fingerprint density at radius 2 is 1.90 bits per heavy atom. The van der Waals surface area contributed by atoms with E-state index in [0.29, 0.717) is 5.69 Å². The van der Waals surface area contributed by atoms with Crippen molar-refractivity contribution in [3.63, 3.8) is 0 Å². The molecule has 0 spiro atoms. The van der Waals surface area contributed by atoms with Crippen molar-refractivity contribution in [3.05, 3.63) is 17.8 Å². The molecule has 1 aliphatic rings. The Bertz CT molecular complexity index is 434. The van der Waals surface area contributed by atoms with Crippen LogP contribution in [-0.2, 0) is 0 Å². The molecule has 20 heavy (non-hydrogen) atoms. The van der Waals surface area contributed by atoms with Crippen LogP contribution in [0.2, 0.25) is 0 Å². The fourth-order valence-electron chi connectivity index (χ4n) is 2.53. The van der Waals surface area contributed by atoms with Gasteiger partial charge < -0.3 is 9.80 Å². The van der Waals surface area contributed by atoms with E-state index in [1.165, 1.54) is 0 Å². The molecule has 0 aromatic carbocycles. The lowest BCUT2D eigenvalue weighted by Crippen LogP contribution is -2.38. The van der Waals surface area contributed by atoms with E-state index in [9.17, 15) is 4.79 Å². The first-order valence-corrected chi connectivity index (χ1v) is 7.53. The molecule has 5 nitrogen and oxygen atoms in total. The molecule has 1 aromatic rings. The average molecular weight is 276 g/mol. The van der Waals surface area contributed by atoms with Gasteiger partial charge in [0.15, 0.2) is 11.5 Å². The molecule has 0 unspecified atom stereocenters. The number of rotatable bonds is 4. The minimum absolute atomic E-state index is 0.00972. The van der Waals surface area contributed by atoms with E-state index < -0.39 is 0 Å². The lowest BCUT2D eigenvalue weighted by Gasteiger charge is -2.30. The number of anilines is 1. The molecular weight excluding hydrogens is 252 g/mol. The molecule has 0 N–H and O–H groups in total. The van der Waals surface area contributed by atoms with Crippen LogP contribution in [0.5, 0.6) is 0 Å². The second-order valence-corrected chi connectivity index (χ2v) is 5.42. The maximum atomic E-state index is 12.3. The number of piperidine rings is 1. The summed E-state index contributed by atoms with van der Waals surface area (Å²) in [6.07, 6.45) is 2.16. The number of amides is 1. The van der Waals surface area contributed by atoms with Crippen molar-refractivity contribution in [3.8, 4) is 0 Å². The van der Waals surface area contributed by atoms with Crippen LogP contribution in [0.25, 0.3) is 0 Å². The molecule has 1 aromatic heterocycles. The Morgan fingerprint density at radius 1 is 1.25 bits per heavy atom. The van der Waals surface area contributed by atoms with E-state index in [-0.39, 0.29) is 5.91 Å². The summed E-state index contributed by atoms with van der Waals surface area (Å²) in [5.74, 6) is 1.56. The van der Waals surface area contributed by atoms with E-state index in [1.807, 2.05) is 11.0 Å². The summed E-state index contributed by atoms with van der Waals surface area (Å²) in [5.41, 5.74) is 0.454. The number of hydrogen-bond donors (Lipinski definition) is 0. The third-order valence-electron chi connectivity index (χ3n) is 4.03. The first-order valence-electron chi connectivity index (χ1n) is 7.53. The molecule has 0 bridgehead atoms. The number of aromatic nitrogens is 2. The fourth-order valence-corrected chi connectivity index (χ4v) is 2.53. The number of carbonyl (C=O) groups excluding carboxylic acids is 1. The normalized spacial score (nSPS) is 16.2. The van der Waals surface area contributed by atoms with Gasteiger partial charge in [-0.1, -0.05) is 6.92 Å². The molecule has 1 saturated heterocycles. The highest BCUT2D eigenvalue weighted by molar-refractivity contribution is 5.92. The number of likely N-dealkylation sites (tertiary alicyclic amines) is 1. The van der Waals surface area contributed by atoms with Crippen LogP contribution in [0.15, 0.2) is 12.1 Å². The Balaban J connectivity index is 2.04. The molecule has 0 atom stereocenters. The van der Waals surface area contributed by atoms with Gasteiger partial charge >= 0.3 is 0 Å². The van der Waals surface area contributed by atoms with Crippen molar-refractivity contribution >= 4 is 11.7 Å². The van der Waals surface area contributed by atoms with Crippen LogP contribution >= 0.6 is 0 Å². The van der Waals surface area contributed by atoms with Crippen molar-refractivity contribution in [1.82, 2.24) is 15.1 Å². The SMILES string of the molecule is CCN(CC)c1ccc(C(=O)N2CCC(C)CC2)nn1. The van der Waals surface area contributed by atoms with Gasteiger partial charge in [-0.3, -0.25) is 4.79 Å². The van der Waals surface area contributed by atoms with E-state index in [2.05, 4.69) is 35.9 Å². The largest absolute Gasteiger partial charge is 0.356 e. The third-order valence-corrected chi connectivity index (χ3v) is 4.03.